The van der Waals surface area contributed by atoms with Crippen molar-refractivity contribution in [2.45, 2.75) is 12.1 Å². The van der Waals surface area contributed by atoms with Gasteiger partial charge in [0.15, 0.2) is 14.8 Å². The van der Waals surface area contributed by atoms with Crippen molar-refractivity contribution in [3.63, 3.8) is 0 Å². The SMILES string of the molecule is COC(=O)c1ccc(NC(=O)CSc2nc3c(sc(=S)n3-c3ccccc3C)c(=O)[nH]2)cc1. The Hall–Kier alpha value is -3.28. The Morgan fingerprint density at radius 3 is 2.64 bits per heavy atom. The second kappa shape index (κ2) is 9.69. The van der Waals surface area contributed by atoms with Crippen molar-refractivity contribution in [1.29, 1.82) is 0 Å². The molecule has 2 aromatic carbocycles. The fraction of sp³-hybridized carbons (Fsp3) is 0.136. The lowest BCUT2D eigenvalue weighted by Gasteiger charge is -2.08. The molecule has 0 atom stereocenters. The van der Waals surface area contributed by atoms with Crippen LogP contribution in [0.2, 0.25) is 0 Å². The molecule has 168 valence electrons. The van der Waals surface area contributed by atoms with Gasteiger partial charge in [-0.1, -0.05) is 41.3 Å². The van der Waals surface area contributed by atoms with Gasteiger partial charge < -0.3 is 15.0 Å². The second-order valence-electron chi connectivity index (χ2n) is 6.92. The summed E-state index contributed by atoms with van der Waals surface area (Å²) in [4.78, 5) is 43.8. The fourth-order valence-corrected chi connectivity index (χ4v) is 5.04. The fourth-order valence-electron chi connectivity index (χ4n) is 3.13. The van der Waals surface area contributed by atoms with Gasteiger partial charge in [0.25, 0.3) is 5.56 Å². The van der Waals surface area contributed by atoms with E-state index in [2.05, 4.69) is 20.0 Å². The Bertz CT molecular complexity index is 1470. The van der Waals surface area contributed by atoms with Gasteiger partial charge in [-0.15, -0.1) is 0 Å². The number of carbonyl (C=O) groups excluding carboxylic acids is 2. The van der Waals surface area contributed by atoms with Crippen LogP contribution in [0.1, 0.15) is 15.9 Å². The van der Waals surface area contributed by atoms with E-state index in [-0.39, 0.29) is 17.2 Å². The number of hydrogen-bond acceptors (Lipinski definition) is 8. The van der Waals surface area contributed by atoms with Crippen molar-refractivity contribution in [1.82, 2.24) is 14.5 Å². The number of H-pyrrole nitrogens is 1. The Labute approximate surface area is 201 Å². The minimum Gasteiger partial charge on any atom is -0.465 e. The summed E-state index contributed by atoms with van der Waals surface area (Å²) >= 11 is 7.81. The van der Waals surface area contributed by atoms with Crippen LogP contribution in [0.5, 0.6) is 0 Å². The normalized spacial score (nSPS) is 10.8. The zero-order valence-corrected chi connectivity index (χ0v) is 20.0. The summed E-state index contributed by atoms with van der Waals surface area (Å²) in [6.45, 7) is 1.96. The van der Waals surface area contributed by atoms with E-state index in [9.17, 15) is 14.4 Å². The van der Waals surface area contributed by atoms with Crippen molar-refractivity contribution in [2.75, 3.05) is 18.2 Å². The van der Waals surface area contributed by atoms with Crippen LogP contribution < -0.4 is 10.9 Å². The van der Waals surface area contributed by atoms with Crippen LogP contribution in [0.25, 0.3) is 16.0 Å². The number of para-hydroxylation sites is 1. The zero-order valence-electron chi connectivity index (χ0n) is 17.6. The molecule has 0 spiro atoms. The van der Waals surface area contributed by atoms with Crippen LogP contribution in [0, 0.1) is 10.9 Å². The third-order valence-electron chi connectivity index (χ3n) is 4.71. The maximum absolute atomic E-state index is 12.6. The molecule has 4 rings (SSSR count). The van der Waals surface area contributed by atoms with E-state index in [1.165, 1.54) is 18.4 Å². The number of nitrogens with zero attached hydrogens (tertiary/aromatic N) is 2. The van der Waals surface area contributed by atoms with Crippen molar-refractivity contribution in [3.05, 3.63) is 74.0 Å². The molecule has 2 heterocycles. The number of amides is 1. The van der Waals surface area contributed by atoms with Gasteiger partial charge >= 0.3 is 5.97 Å². The van der Waals surface area contributed by atoms with E-state index >= 15 is 0 Å². The molecule has 0 saturated carbocycles. The van der Waals surface area contributed by atoms with Crippen LogP contribution in [0.3, 0.4) is 0 Å². The Kier molecular flexibility index (Phi) is 6.72. The Morgan fingerprint density at radius 2 is 1.94 bits per heavy atom. The first kappa shape index (κ1) is 22.9. The summed E-state index contributed by atoms with van der Waals surface area (Å²) in [7, 11) is 1.30. The van der Waals surface area contributed by atoms with E-state index in [0.29, 0.717) is 30.7 Å². The maximum atomic E-state index is 12.6. The number of aromatic nitrogens is 3. The third kappa shape index (κ3) is 4.90. The van der Waals surface area contributed by atoms with E-state index in [4.69, 9.17) is 12.2 Å². The number of esters is 1. The zero-order chi connectivity index (χ0) is 23.5. The van der Waals surface area contributed by atoms with Crippen LogP contribution in [0.4, 0.5) is 5.69 Å². The average Bonchev–Trinajstić information content (AvgIpc) is 3.14. The standard InChI is InChI=1S/C22H18N4O4S3/c1-12-5-3-4-6-15(12)26-18-17(33-22(26)31)19(28)25-21(24-18)32-11-16(27)23-14-9-7-13(8-10-14)20(29)30-2/h3-10H,11H2,1-2H3,(H,23,27)(H,24,25,28). The van der Waals surface area contributed by atoms with Crippen molar-refractivity contribution < 1.29 is 14.3 Å². The molecule has 0 saturated heterocycles. The highest BCUT2D eigenvalue weighted by Gasteiger charge is 2.16. The van der Waals surface area contributed by atoms with Gasteiger partial charge in [-0.25, -0.2) is 9.78 Å². The molecule has 2 aromatic heterocycles. The highest BCUT2D eigenvalue weighted by molar-refractivity contribution is 7.99. The molecule has 0 unspecified atom stereocenters. The molecular weight excluding hydrogens is 480 g/mol. The Morgan fingerprint density at radius 1 is 1.21 bits per heavy atom. The number of fused-ring (bicyclic) bond motifs is 1. The lowest BCUT2D eigenvalue weighted by molar-refractivity contribution is -0.113. The third-order valence-corrected chi connectivity index (χ3v) is 6.94. The van der Waals surface area contributed by atoms with Crippen LogP contribution in [-0.2, 0) is 9.53 Å². The summed E-state index contributed by atoms with van der Waals surface area (Å²) in [5.41, 5.74) is 2.95. The van der Waals surface area contributed by atoms with Gasteiger partial charge in [-0.2, -0.15) is 0 Å². The number of methoxy groups -OCH3 is 1. The topological polar surface area (TPSA) is 106 Å². The summed E-state index contributed by atoms with van der Waals surface area (Å²) in [6, 6.07) is 14.1. The molecule has 0 bridgehead atoms. The first-order valence-electron chi connectivity index (χ1n) is 9.70. The van der Waals surface area contributed by atoms with Gasteiger partial charge in [0.2, 0.25) is 5.91 Å². The van der Waals surface area contributed by atoms with Crippen LogP contribution >= 0.6 is 35.3 Å². The number of thiazole rings is 1. The highest BCUT2D eigenvalue weighted by Crippen LogP contribution is 2.26. The van der Waals surface area contributed by atoms with Crippen molar-refractivity contribution >= 4 is 63.2 Å². The number of benzene rings is 2. The average molecular weight is 499 g/mol. The Balaban J connectivity index is 1.53. The van der Waals surface area contributed by atoms with E-state index in [0.717, 1.165) is 23.0 Å². The van der Waals surface area contributed by atoms with Gasteiger partial charge in [0.05, 0.1) is 24.1 Å². The number of hydrogen-bond donors (Lipinski definition) is 2. The lowest BCUT2D eigenvalue weighted by Crippen LogP contribution is -2.15. The predicted octanol–water partition coefficient (Wildman–Crippen LogP) is 4.33. The first-order chi connectivity index (χ1) is 15.9. The molecular formula is C22H18N4O4S3. The van der Waals surface area contributed by atoms with E-state index in [1.54, 1.807) is 28.8 Å². The number of rotatable bonds is 6. The van der Waals surface area contributed by atoms with Crippen molar-refractivity contribution in [2.24, 2.45) is 0 Å². The number of thioether (sulfide) groups is 1. The molecule has 2 N–H and O–H groups in total. The summed E-state index contributed by atoms with van der Waals surface area (Å²) in [6.07, 6.45) is 0. The molecule has 0 aliphatic rings. The number of anilines is 1. The smallest absolute Gasteiger partial charge is 0.337 e. The molecule has 4 aromatic rings. The quantitative estimate of drug-likeness (QED) is 0.176. The van der Waals surface area contributed by atoms with Gasteiger partial charge in [0, 0.05) is 5.69 Å². The molecule has 0 fully saturated rings. The molecule has 0 aliphatic carbocycles. The number of aromatic amines is 1. The molecule has 33 heavy (non-hydrogen) atoms. The number of aryl methyl sites for hydroxylation is 1. The summed E-state index contributed by atoms with van der Waals surface area (Å²) in [5, 5.41) is 3.06. The molecule has 0 radical (unpaired) electrons. The van der Waals surface area contributed by atoms with Crippen molar-refractivity contribution in [3.8, 4) is 5.69 Å². The van der Waals surface area contributed by atoms with Gasteiger partial charge in [-0.05, 0) is 55.0 Å². The molecule has 11 heteroatoms. The number of nitrogens with one attached hydrogen (secondary N) is 2. The maximum Gasteiger partial charge on any atom is 0.337 e. The predicted molar refractivity (Wildman–Crippen MR) is 132 cm³/mol. The highest BCUT2D eigenvalue weighted by atomic mass is 32.2. The van der Waals surface area contributed by atoms with E-state index < -0.39 is 5.97 Å². The molecule has 8 nitrogen and oxygen atoms in total. The molecule has 0 aliphatic heterocycles. The number of carbonyl (C=O) groups is 2. The minimum atomic E-state index is -0.451. The minimum absolute atomic E-state index is 0.0302. The summed E-state index contributed by atoms with van der Waals surface area (Å²) < 4.78 is 7.40. The number of ether oxygens (including phenoxy) is 1. The van der Waals surface area contributed by atoms with E-state index in [1.807, 2.05) is 31.2 Å². The van der Waals surface area contributed by atoms with Crippen LogP contribution in [0.15, 0.2) is 58.5 Å². The van der Waals surface area contributed by atoms with Gasteiger partial charge in [0.1, 0.15) is 4.70 Å². The lowest BCUT2D eigenvalue weighted by atomic mass is 10.2. The molecule has 1 amide bonds. The van der Waals surface area contributed by atoms with Gasteiger partial charge in [-0.3, -0.25) is 14.2 Å². The first-order valence-corrected chi connectivity index (χ1v) is 11.9. The van der Waals surface area contributed by atoms with Crippen LogP contribution in [-0.4, -0.2) is 39.3 Å². The second-order valence-corrected chi connectivity index (χ2v) is 9.53. The monoisotopic (exact) mass is 498 g/mol. The summed E-state index contributed by atoms with van der Waals surface area (Å²) in [5.74, 6) is -0.704. The largest absolute Gasteiger partial charge is 0.465 e.